The molecule has 0 saturated carbocycles. The summed E-state index contributed by atoms with van der Waals surface area (Å²) in [5.74, 6) is -1.11. The molecule has 0 bridgehead atoms. The summed E-state index contributed by atoms with van der Waals surface area (Å²) in [6.07, 6.45) is 1.94. The summed E-state index contributed by atoms with van der Waals surface area (Å²) in [6, 6.07) is -2.67. The smallest absolute Gasteiger partial charge is 0.245 e. The van der Waals surface area contributed by atoms with E-state index < -0.39 is 30.1 Å². The van der Waals surface area contributed by atoms with Gasteiger partial charge in [-0.25, -0.2) is 0 Å². The van der Waals surface area contributed by atoms with E-state index in [4.69, 9.17) is 5.73 Å². The lowest BCUT2D eigenvalue weighted by Crippen LogP contribution is -2.55. The van der Waals surface area contributed by atoms with Gasteiger partial charge in [0, 0.05) is 6.54 Å². The van der Waals surface area contributed by atoms with E-state index in [2.05, 4.69) is 10.6 Å². The molecule has 0 aromatic carbocycles. The van der Waals surface area contributed by atoms with E-state index in [1.165, 1.54) is 11.8 Å². The summed E-state index contributed by atoms with van der Waals surface area (Å²) in [5, 5.41) is 5.23. The highest BCUT2D eigenvalue weighted by molar-refractivity contribution is 5.93. The Morgan fingerprint density at radius 2 is 1.79 bits per heavy atom. The molecule has 8 nitrogen and oxygen atoms in total. The van der Waals surface area contributed by atoms with E-state index in [9.17, 15) is 19.2 Å². The normalized spacial score (nSPS) is 21.1. The molecule has 0 unspecified atom stereocenters. The van der Waals surface area contributed by atoms with Crippen molar-refractivity contribution in [3.63, 3.8) is 0 Å². The number of rotatable bonds is 7. The van der Waals surface area contributed by atoms with Gasteiger partial charge in [-0.15, -0.1) is 0 Å². The molecule has 4 N–H and O–H groups in total. The van der Waals surface area contributed by atoms with Gasteiger partial charge >= 0.3 is 0 Å². The van der Waals surface area contributed by atoms with Gasteiger partial charge in [-0.2, -0.15) is 0 Å². The Morgan fingerprint density at radius 3 is 2.29 bits per heavy atom. The minimum absolute atomic E-state index is 0.0266. The third-order valence-corrected chi connectivity index (χ3v) is 4.16. The first-order valence-corrected chi connectivity index (χ1v) is 8.31. The topological polar surface area (TPSA) is 122 Å². The summed E-state index contributed by atoms with van der Waals surface area (Å²) in [5.41, 5.74) is 5.48. The Bertz CT molecular complexity index is 492. The zero-order chi connectivity index (χ0) is 18.4. The van der Waals surface area contributed by atoms with Gasteiger partial charge in [-0.3, -0.25) is 14.4 Å². The van der Waals surface area contributed by atoms with Crippen molar-refractivity contribution in [2.75, 3.05) is 6.54 Å². The van der Waals surface area contributed by atoms with Crippen LogP contribution in [0.1, 0.15) is 40.5 Å². The molecule has 1 fully saturated rings. The van der Waals surface area contributed by atoms with Crippen molar-refractivity contribution < 1.29 is 19.2 Å². The van der Waals surface area contributed by atoms with Crippen LogP contribution in [0.15, 0.2) is 0 Å². The number of hydrogen-bond acceptors (Lipinski definition) is 5. The second kappa shape index (κ2) is 8.77. The Morgan fingerprint density at radius 1 is 1.17 bits per heavy atom. The number of carbonyl (C=O) groups is 4. The standard InChI is InChI=1S/C16H28N4O4/c1-9(2)12(8-21)19-15(23)13-6-5-7-20(13)16(24)11(4)18-14(22)10(3)17/h8-13H,5-7,17H2,1-4H3,(H,18,22)(H,19,23)/t10-,11-,12+,13-/m0/s1. The molecule has 0 aliphatic carbocycles. The molecule has 4 atom stereocenters. The van der Waals surface area contributed by atoms with E-state index in [1.54, 1.807) is 6.92 Å². The van der Waals surface area contributed by atoms with Gasteiger partial charge < -0.3 is 26.1 Å². The number of nitrogens with two attached hydrogens (primary N) is 1. The first kappa shape index (κ1) is 20.1. The molecule has 1 aliphatic heterocycles. The van der Waals surface area contributed by atoms with Crippen LogP contribution >= 0.6 is 0 Å². The molecule has 1 saturated heterocycles. The van der Waals surface area contributed by atoms with E-state index in [0.29, 0.717) is 25.7 Å². The third-order valence-electron chi connectivity index (χ3n) is 4.16. The van der Waals surface area contributed by atoms with Crippen molar-refractivity contribution in [3.8, 4) is 0 Å². The van der Waals surface area contributed by atoms with E-state index >= 15 is 0 Å². The summed E-state index contributed by atoms with van der Waals surface area (Å²) in [4.78, 5) is 49.1. The fourth-order valence-electron chi connectivity index (χ4n) is 2.58. The molecule has 3 amide bonds. The maximum atomic E-state index is 12.5. The monoisotopic (exact) mass is 340 g/mol. The Labute approximate surface area is 142 Å². The molecule has 24 heavy (non-hydrogen) atoms. The van der Waals surface area contributed by atoms with Crippen molar-refractivity contribution in [2.24, 2.45) is 11.7 Å². The minimum Gasteiger partial charge on any atom is -0.345 e. The van der Waals surface area contributed by atoms with Gasteiger partial charge in [0.15, 0.2) is 0 Å². The number of nitrogens with one attached hydrogen (secondary N) is 2. The van der Waals surface area contributed by atoms with Crippen molar-refractivity contribution in [2.45, 2.75) is 64.7 Å². The summed E-state index contributed by atoms with van der Waals surface area (Å²) in [7, 11) is 0. The first-order chi connectivity index (χ1) is 11.2. The Balaban J connectivity index is 2.73. The molecule has 136 valence electrons. The number of hydrogen-bond donors (Lipinski definition) is 3. The van der Waals surface area contributed by atoms with Crippen LogP contribution in [0.2, 0.25) is 0 Å². The number of aldehydes is 1. The van der Waals surface area contributed by atoms with Gasteiger partial charge in [0.05, 0.1) is 12.1 Å². The third kappa shape index (κ3) is 5.02. The lowest BCUT2D eigenvalue weighted by Gasteiger charge is -2.28. The fraction of sp³-hybridized carbons (Fsp3) is 0.750. The van der Waals surface area contributed by atoms with Crippen LogP contribution in [0.25, 0.3) is 0 Å². The fourth-order valence-corrected chi connectivity index (χ4v) is 2.58. The molecule has 0 spiro atoms. The molecule has 1 aliphatic rings. The lowest BCUT2D eigenvalue weighted by atomic mass is 10.1. The van der Waals surface area contributed by atoms with Crippen LogP contribution in [-0.4, -0.2) is 59.6 Å². The Hall–Kier alpha value is -1.96. The summed E-state index contributed by atoms with van der Waals surface area (Å²) >= 11 is 0. The van der Waals surface area contributed by atoms with Crippen LogP contribution in [-0.2, 0) is 19.2 Å². The molecule has 1 heterocycles. The average molecular weight is 340 g/mol. The lowest BCUT2D eigenvalue weighted by molar-refractivity contribution is -0.141. The predicted molar refractivity (Wildman–Crippen MR) is 88.8 cm³/mol. The van der Waals surface area contributed by atoms with Crippen molar-refractivity contribution in [1.82, 2.24) is 15.5 Å². The molecule has 0 aromatic rings. The van der Waals surface area contributed by atoms with E-state index in [-0.39, 0.29) is 17.7 Å². The zero-order valence-corrected chi connectivity index (χ0v) is 14.7. The summed E-state index contributed by atoms with van der Waals surface area (Å²) < 4.78 is 0. The molecule has 0 aromatic heterocycles. The Kier molecular flexibility index (Phi) is 7.34. The quantitative estimate of drug-likeness (QED) is 0.522. The molecule has 0 radical (unpaired) electrons. The van der Waals surface area contributed by atoms with Crippen LogP contribution in [0.4, 0.5) is 0 Å². The summed E-state index contributed by atoms with van der Waals surface area (Å²) in [6.45, 7) is 7.22. The van der Waals surface area contributed by atoms with Crippen LogP contribution in [0, 0.1) is 5.92 Å². The predicted octanol–water partition coefficient (Wildman–Crippen LogP) is -0.831. The van der Waals surface area contributed by atoms with Gasteiger partial charge in [0.2, 0.25) is 17.7 Å². The highest BCUT2D eigenvalue weighted by Gasteiger charge is 2.37. The van der Waals surface area contributed by atoms with E-state index in [0.717, 1.165) is 0 Å². The van der Waals surface area contributed by atoms with Gasteiger partial charge in [0.1, 0.15) is 18.4 Å². The van der Waals surface area contributed by atoms with Crippen LogP contribution < -0.4 is 16.4 Å². The number of carbonyl (C=O) groups excluding carboxylic acids is 4. The van der Waals surface area contributed by atoms with Crippen molar-refractivity contribution in [1.29, 1.82) is 0 Å². The molecule has 8 heteroatoms. The SMILES string of the molecule is CC(C)[C@@H](C=O)NC(=O)[C@@H]1CCCN1C(=O)[C@H](C)NC(=O)[C@H](C)N. The van der Waals surface area contributed by atoms with Crippen molar-refractivity contribution in [3.05, 3.63) is 0 Å². The van der Waals surface area contributed by atoms with Gasteiger partial charge in [-0.05, 0) is 32.6 Å². The maximum absolute atomic E-state index is 12.5. The average Bonchev–Trinajstić information content (AvgIpc) is 3.00. The van der Waals surface area contributed by atoms with Crippen molar-refractivity contribution >= 4 is 24.0 Å². The molecule has 1 rings (SSSR count). The van der Waals surface area contributed by atoms with E-state index in [1.807, 2.05) is 13.8 Å². The van der Waals surface area contributed by atoms with Crippen LogP contribution in [0.3, 0.4) is 0 Å². The van der Waals surface area contributed by atoms with Gasteiger partial charge in [-0.1, -0.05) is 13.8 Å². The zero-order valence-electron chi connectivity index (χ0n) is 14.7. The second-order valence-corrected chi connectivity index (χ2v) is 6.62. The maximum Gasteiger partial charge on any atom is 0.245 e. The van der Waals surface area contributed by atoms with Crippen LogP contribution in [0.5, 0.6) is 0 Å². The highest BCUT2D eigenvalue weighted by Crippen LogP contribution is 2.19. The number of amides is 3. The molecular weight excluding hydrogens is 312 g/mol. The second-order valence-electron chi connectivity index (χ2n) is 6.62. The minimum atomic E-state index is -0.760. The number of likely N-dealkylation sites (tertiary alicyclic amines) is 1. The van der Waals surface area contributed by atoms with Gasteiger partial charge in [0.25, 0.3) is 0 Å². The first-order valence-electron chi connectivity index (χ1n) is 8.31. The number of nitrogens with zero attached hydrogens (tertiary/aromatic N) is 1. The highest BCUT2D eigenvalue weighted by atomic mass is 16.2. The largest absolute Gasteiger partial charge is 0.345 e. The molecular formula is C16H28N4O4.